The molecule has 0 bridgehead atoms. The Bertz CT molecular complexity index is 591. The lowest BCUT2D eigenvalue weighted by molar-refractivity contribution is -0.117. The molecule has 0 spiro atoms. The number of primary amides is 1. The summed E-state index contributed by atoms with van der Waals surface area (Å²) in [4.78, 5) is 11.1. The van der Waals surface area contributed by atoms with Crippen LogP contribution in [0.2, 0.25) is 10.0 Å². The zero-order chi connectivity index (χ0) is 13.8. The number of amides is 1. The van der Waals surface area contributed by atoms with E-state index in [9.17, 15) is 4.79 Å². The lowest BCUT2D eigenvalue weighted by atomic mass is 9.97. The average molecular weight is 294 g/mol. The molecule has 0 heterocycles. The summed E-state index contributed by atoms with van der Waals surface area (Å²) in [6, 6.07) is 13.1. The maximum Gasteiger partial charge on any atom is 0.221 e. The van der Waals surface area contributed by atoms with Crippen molar-refractivity contribution in [1.82, 2.24) is 0 Å². The third kappa shape index (κ3) is 3.49. The van der Waals surface area contributed by atoms with E-state index in [1.807, 2.05) is 30.3 Å². The molecule has 0 aliphatic rings. The number of carbonyl (C=O) groups excluding carboxylic acids is 1. The van der Waals surface area contributed by atoms with Crippen LogP contribution in [0.25, 0.3) is 0 Å². The van der Waals surface area contributed by atoms with Gasteiger partial charge in [0.05, 0.1) is 6.42 Å². The van der Waals surface area contributed by atoms with Crippen LogP contribution in [0.3, 0.4) is 0 Å². The highest BCUT2D eigenvalue weighted by Crippen LogP contribution is 2.27. The molecule has 4 heteroatoms. The van der Waals surface area contributed by atoms with Crippen LogP contribution in [-0.2, 0) is 17.6 Å². The number of carbonyl (C=O) groups is 1. The summed E-state index contributed by atoms with van der Waals surface area (Å²) < 4.78 is 0. The van der Waals surface area contributed by atoms with Crippen molar-refractivity contribution in [2.24, 2.45) is 5.73 Å². The van der Waals surface area contributed by atoms with Gasteiger partial charge in [0.1, 0.15) is 0 Å². The van der Waals surface area contributed by atoms with Gasteiger partial charge in [0.15, 0.2) is 0 Å². The quantitative estimate of drug-likeness (QED) is 0.919. The number of benzene rings is 2. The summed E-state index contributed by atoms with van der Waals surface area (Å²) in [7, 11) is 0. The van der Waals surface area contributed by atoms with E-state index in [2.05, 4.69) is 0 Å². The Kier molecular flexibility index (Phi) is 4.46. The topological polar surface area (TPSA) is 43.1 Å². The van der Waals surface area contributed by atoms with Gasteiger partial charge in [0.2, 0.25) is 5.91 Å². The minimum atomic E-state index is -0.349. The van der Waals surface area contributed by atoms with Crippen molar-refractivity contribution in [3.8, 4) is 0 Å². The van der Waals surface area contributed by atoms with Crippen molar-refractivity contribution in [1.29, 1.82) is 0 Å². The molecule has 2 nitrogen and oxygen atoms in total. The predicted molar refractivity (Wildman–Crippen MR) is 78.6 cm³/mol. The third-order valence-electron chi connectivity index (χ3n) is 2.91. The lowest BCUT2D eigenvalue weighted by Gasteiger charge is -2.10. The molecule has 2 aromatic rings. The summed E-state index contributed by atoms with van der Waals surface area (Å²) in [5.41, 5.74) is 8.04. The first-order valence-electron chi connectivity index (χ1n) is 5.86. The summed E-state index contributed by atoms with van der Waals surface area (Å²) >= 11 is 12.3. The molecule has 2 N–H and O–H groups in total. The van der Waals surface area contributed by atoms with Crippen molar-refractivity contribution in [2.75, 3.05) is 0 Å². The highest BCUT2D eigenvalue weighted by Gasteiger charge is 2.10. The molecular weight excluding hydrogens is 281 g/mol. The van der Waals surface area contributed by atoms with Crippen LogP contribution < -0.4 is 5.73 Å². The second-order valence-corrected chi connectivity index (χ2v) is 5.10. The van der Waals surface area contributed by atoms with E-state index in [1.54, 1.807) is 12.1 Å². The Morgan fingerprint density at radius 3 is 2.11 bits per heavy atom. The largest absolute Gasteiger partial charge is 0.369 e. The molecule has 1 amide bonds. The van der Waals surface area contributed by atoms with E-state index < -0.39 is 0 Å². The average Bonchev–Trinajstić information content (AvgIpc) is 2.35. The fourth-order valence-corrected chi connectivity index (χ4v) is 2.51. The van der Waals surface area contributed by atoms with Crippen molar-refractivity contribution in [2.45, 2.75) is 12.8 Å². The molecule has 19 heavy (non-hydrogen) atoms. The van der Waals surface area contributed by atoms with Crippen molar-refractivity contribution in [3.63, 3.8) is 0 Å². The summed E-state index contributed by atoms with van der Waals surface area (Å²) in [6.07, 6.45) is 0.806. The van der Waals surface area contributed by atoms with E-state index in [-0.39, 0.29) is 12.3 Å². The maximum atomic E-state index is 11.1. The van der Waals surface area contributed by atoms with Gasteiger partial charge in [-0.25, -0.2) is 0 Å². The standard InChI is InChI=1S/C15H13Cl2NO/c16-13-6-3-7-14(17)12(13)8-10-4-1-2-5-11(10)9-15(18)19/h1-7H,8-9H2,(H2,18,19). The Morgan fingerprint density at radius 2 is 1.53 bits per heavy atom. The summed E-state index contributed by atoms with van der Waals surface area (Å²) in [6.45, 7) is 0. The molecule has 0 saturated heterocycles. The Hall–Kier alpha value is -1.51. The van der Waals surface area contributed by atoms with Gasteiger partial charge in [-0.3, -0.25) is 4.79 Å². The van der Waals surface area contributed by atoms with E-state index in [4.69, 9.17) is 28.9 Å². The maximum absolute atomic E-state index is 11.1. The van der Waals surface area contributed by atoms with E-state index in [0.29, 0.717) is 16.5 Å². The van der Waals surface area contributed by atoms with Gasteiger partial charge >= 0.3 is 0 Å². The van der Waals surface area contributed by atoms with Gasteiger partial charge in [-0.2, -0.15) is 0 Å². The fourth-order valence-electron chi connectivity index (χ4n) is 1.98. The first kappa shape index (κ1) is 13.9. The highest BCUT2D eigenvalue weighted by atomic mass is 35.5. The Morgan fingerprint density at radius 1 is 0.947 bits per heavy atom. The van der Waals surface area contributed by atoms with Gasteiger partial charge in [0, 0.05) is 16.5 Å². The summed E-state index contributed by atoms with van der Waals surface area (Å²) in [5.74, 6) is -0.349. The molecule has 0 atom stereocenters. The van der Waals surface area contributed by atoms with Crippen molar-refractivity contribution >= 4 is 29.1 Å². The van der Waals surface area contributed by atoms with Crippen LogP contribution in [0.4, 0.5) is 0 Å². The predicted octanol–water partition coefficient (Wildman–Crippen LogP) is 3.61. The second kappa shape index (κ2) is 6.09. The molecular formula is C15H13Cl2NO. The van der Waals surface area contributed by atoms with Crippen LogP contribution in [0.1, 0.15) is 16.7 Å². The number of rotatable bonds is 4. The van der Waals surface area contributed by atoms with Gasteiger partial charge in [-0.05, 0) is 28.8 Å². The normalized spacial score (nSPS) is 10.4. The van der Waals surface area contributed by atoms with E-state index >= 15 is 0 Å². The lowest BCUT2D eigenvalue weighted by Crippen LogP contribution is -2.15. The van der Waals surface area contributed by atoms with Crippen LogP contribution in [-0.4, -0.2) is 5.91 Å². The minimum Gasteiger partial charge on any atom is -0.369 e. The molecule has 98 valence electrons. The number of halogens is 2. The van der Waals surface area contributed by atoms with Crippen LogP contribution >= 0.6 is 23.2 Å². The van der Waals surface area contributed by atoms with Crippen LogP contribution in [0, 0.1) is 0 Å². The van der Waals surface area contributed by atoms with Gasteiger partial charge in [-0.1, -0.05) is 53.5 Å². The van der Waals surface area contributed by atoms with E-state index in [1.165, 1.54) is 0 Å². The van der Waals surface area contributed by atoms with Gasteiger partial charge < -0.3 is 5.73 Å². The molecule has 2 rings (SSSR count). The number of hydrogen-bond acceptors (Lipinski definition) is 1. The minimum absolute atomic E-state index is 0.220. The molecule has 0 aliphatic carbocycles. The molecule has 0 aromatic heterocycles. The zero-order valence-corrected chi connectivity index (χ0v) is 11.7. The molecule has 0 saturated carbocycles. The van der Waals surface area contributed by atoms with Crippen LogP contribution in [0.5, 0.6) is 0 Å². The zero-order valence-electron chi connectivity index (χ0n) is 10.2. The number of nitrogens with two attached hydrogens (primary N) is 1. The van der Waals surface area contributed by atoms with Crippen molar-refractivity contribution < 1.29 is 4.79 Å². The van der Waals surface area contributed by atoms with Crippen LogP contribution in [0.15, 0.2) is 42.5 Å². The SMILES string of the molecule is NC(=O)Cc1ccccc1Cc1c(Cl)cccc1Cl. The second-order valence-electron chi connectivity index (χ2n) is 4.29. The molecule has 0 fully saturated rings. The van der Waals surface area contributed by atoms with Crippen molar-refractivity contribution in [3.05, 3.63) is 69.2 Å². The first-order chi connectivity index (χ1) is 9.08. The molecule has 2 aromatic carbocycles. The number of hydrogen-bond donors (Lipinski definition) is 1. The molecule has 0 unspecified atom stereocenters. The monoisotopic (exact) mass is 293 g/mol. The fraction of sp³-hybridized carbons (Fsp3) is 0.133. The van der Waals surface area contributed by atoms with Gasteiger partial charge in [0.25, 0.3) is 0 Å². The highest BCUT2D eigenvalue weighted by molar-refractivity contribution is 6.36. The molecule has 0 radical (unpaired) electrons. The smallest absolute Gasteiger partial charge is 0.221 e. The van der Waals surface area contributed by atoms with Gasteiger partial charge in [-0.15, -0.1) is 0 Å². The Balaban J connectivity index is 2.36. The first-order valence-corrected chi connectivity index (χ1v) is 6.61. The Labute approximate surface area is 122 Å². The third-order valence-corrected chi connectivity index (χ3v) is 3.62. The summed E-state index contributed by atoms with van der Waals surface area (Å²) in [5, 5.41) is 1.25. The molecule has 0 aliphatic heterocycles. The van der Waals surface area contributed by atoms with E-state index in [0.717, 1.165) is 16.7 Å².